The number of carboxylic acid groups (broad SMARTS) is 1. The van der Waals surface area contributed by atoms with E-state index in [9.17, 15) is 19.2 Å². The van der Waals surface area contributed by atoms with Gasteiger partial charge in [0.25, 0.3) is 11.8 Å². The van der Waals surface area contributed by atoms with Crippen LogP contribution in [0.4, 0.5) is 4.79 Å². The third-order valence-corrected chi connectivity index (χ3v) is 4.46. The second kappa shape index (κ2) is 8.15. The lowest BCUT2D eigenvalue weighted by Crippen LogP contribution is -2.52. The normalized spacial score (nSPS) is 15.4. The molecule has 0 spiro atoms. The summed E-state index contributed by atoms with van der Waals surface area (Å²) in [6, 6.07) is 10.2. The number of hydrogen-bond acceptors (Lipinski definition) is 5. The Morgan fingerprint density at radius 2 is 1.86 bits per heavy atom. The third-order valence-electron chi connectivity index (χ3n) is 4.17. The lowest BCUT2D eigenvalue weighted by molar-refractivity contribution is -0.129. The summed E-state index contributed by atoms with van der Waals surface area (Å²) in [6.07, 6.45) is 1.33. The molecule has 0 unspecified atom stereocenters. The van der Waals surface area contributed by atoms with Gasteiger partial charge in [-0.1, -0.05) is 29.8 Å². The Morgan fingerprint density at radius 3 is 2.48 bits per heavy atom. The largest absolute Gasteiger partial charge is 0.487 e. The molecule has 0 aliphatic carbocycles. The van der Waals surface area contributed by atoms with Crippen LogP contribution in [0.15, 0.2) is 48.0 Å². The number of nitrogens with one attached hydrogen (secondary N) is 1. The minimum Gasteiger partial charge on any atom is -0.487 e. The first-order valence-electron chi connectivity index (χ1n) is 8.36. The van der Waals surface area contributed by atoms with Gasteiger partial charge in [-0.05, 0) is 41.5 Å². The molecule has 0 atom stereocenters. The lowest BCUT2D eigenvalue weighted by atomic mass is 10.1. The average Bonchev–Trinajstić information content (AvgIpc) is 2.69. The number of benzene rings is 2. The number of carbonyl (C=O) groups excluding carboxylic acids is 3. The van der Waals surface area contributed by atoms with Gasteiger partial charge >= 0.3 is 12.0 Å². The molecule has 2 aromatic rings. The fourth-order valence-electron chi connectivity index (χ4n) is 2.54. The molecular weight excluding hydrogens is 400 g/mol. The molecule has 0 saturated carbocycles. The van der Waals surface area contributed by atoms with Crippen molar-refractivity contribution in [3.8, 4) is 5.75 Å². The number of aromatic carboxylic acids is 1. The molecule has 1 aliphatic heterocycles. The molecule has 1 saturated heterocycles. The van der Waals surface area contributed by atoms with E-state index in [1.54, 1.807) is 24.3 Å². The lowest BCUT2D eigenvalue weighted by Gasteiger charge is -2.22. The molecule has 1 fully saturated rings. The van der Waals surface area contributed by atoms with Crippen LogP contribution in [0.5, 0.6) is 5.75 Å². The van der Waals surface area contributed by atoms with E-state index < -0.39 is 23.8 Å². The SMILES string of the molecule is CN1C(=O)NC(=O)C(=Cc2ccc(OCc3ccc(C(=O)O)cc3)c(Cl)c2)C1=O. The van der Waals surface area contributed by atoms with Crippen LogP contribution in [0.2, 0.25) is 5.02 Å². The highest BCUT2D eigenvalue weighted by Gasteiger charge is 2.32. The van der Waals surface area contributed by atoms with Crippen LogP contribution in [0.3, 0.4) is 0 Å². The number of imide groups is 2. The van der Waals surface area contributed by atoms with Crippen molar-refractivity contribution in [1.29, 1.82) is 0 Å². The number of hydrogen-bond donors (Lipinski definition) is 2. The predicted octanol–water partition coefficient (Wildman–Crippen LogP) is 2.71. The van der Waals surface area contributed by atoms with E-state index in [2.05, 4.69) is 5.32 Å². The number of barbiturate groups is 1. The molecule has 3 rings (SSSR count). The Hall–Kier alpha value is -3.65. The topological polar surface area (TPSA) is 113 Å². The summed E-state index contributed by atoms with van der Waals surface area (Å²) in [5, 5.41) is 11.2. The van der Waals surface area contributed by atoms with Crippen LogP contribution >= 0.6 is 11.6 Å². The van der Waals surface area contributed by atoms with Crippen LogP contribution in [0, 0.1) is 0 Å². The van der Waals surface area contributed by atoms with Gasteiger partial charge in [-0.3, -0.25) is 19.8 Å². The first-order chi connectivity index (χ1) is 13.8. The highest BCUT2D eigenvalue weighted by atomic mass is 35.5. The zero-order valence-electron chi connectivity index (χ0n) is 15.1. The van der Waals surface area contributed by atoms with Crippen molar-refractivity contribution in [3.63, 3.8) is 0 Å². The van der Waals surface area contributed by atoms with E-state index in [1.807, 2.05) is 0 Å². The van der Waals surface area contributed by atoms with E-state index in [0.717, 1.165) is 10.5 Å². The molecule has 0 bridgehead atoms. The second-order valence-corrected chi connectivity index (χ2v) is 6.57. The highest BCUT2D eigenvalue weighted by molar-refractivity contribution is 6.33. The molecule has 2 aromatic carbocycles. The maximum absolute atomic E-state index is 12.1. The molecule has 9 heteroatoms. The van der Waals surface area contributed by atoms with Gasteiger partial charge in [0.2, 0.25) is 0 Å². The Morgan fingerprint density at radius 1 is 1.17 bits per heavy atom. The van der Waals surface area contributed by atoms with Crippen LogP contribution in [-0.4, -0.2) is 40.9 Å². The van der Waals surface area contributed by atoms with Gasteiger partial charge in [0.05, 0.1) is 10.6 Å². The van der Waals surface area contributed by atoms with Crippen molar-refractivity contribution in [2.75, 3.05) is 7.05 Å². The van der Waals surface area contributed by atoms with Gasteiger partial charge in [0.1, 0.15) is 17.9 Å². The van der Waals surface area contributed by atoms with Gasteiger partial charge in [-0.15, -0.1) is 0 Å². The first kappa shape index (κ1) is 20.1. The van der Waals surface area contributed by atoms with Crippen LogP contribution in [-0.2, 0) is 16.2 Å². The Labute approximate surface area is 170 Å². The van der Waals surface area contributed by atoms with E-state index in [4.69, 9.17) is 21.4 Å². The minimum absolute atomic E-state index is 0.174. The van der Waals surface area contributed by atoms with E-state index in [1.165, 1.54) is 31.3 Å². The third kappa shape index (κ3) is 4.44. The van der Waals surface area contributed by atoms with Crippen molar-refractivity contribution in [2.45, 2.75) is 6.61 Å². The number of carboxylic acids is 1. The van der Waals surface area contributed by atoms with Gasteiger partial charge in [-0.2, -0.15) is 0 Å². The minimum atomic E-state index is -1.01. The molecule has 148 valence electrons. The van der Waals surface area contributed by atoms with Gasteiger partial charge < -0.3 is 9.84 Å². The molecule has 0 aromatic heterocycles. The number of nitrogens with zero attached hydrogens (tertiary/aromatic N) is 1. The van der Waals surface area contributed by atoms with Crippen molar-refractivity contribution < 1.29 is 29.0 Å². The molecule has 0 radical (unpaired) electrons. The van der Waals surface area contributed by atoms with Crippen molar-refractivity contribution in [3.05, 3.63) is 69.8 Å². The number of rotatable bonds is 5. The molecule has 1 heterocycles. The smallest absolute Gasteiger partial charge is 0.335 e. The molecule has 2 N–H and O–H groups in total. The number of urea groups is 1. The second-order valence-electron chi connectivity index (χ2n) is 6.16. The number of ether oxygens (including phenoxy) is 1. The maximum Gasteiger partial charge on any atom is 0.335 e. The Balaban J connectivity index is 1.73. The number of halogens is 1. The van der Waals surface area contributed by atoms with Gasteiger partial charge in [0, 0.05) is 7.05 Å². The summed E-state index contributed by atoms with van der Waals surface area (Å²) in [5.41, 5.74) is 1.23. The summed E-state index contributed by atoms with van der Waals surface area (Å²) in [7, 11) is 1.27. The average molecular weight is 415 g/mol. The van der Waals surface area contributed by atoms with E-state index >= 15 is 0 Å². The highest BCUT2D eigenvalue weighted by Crippen LogP contribution is 2.27. The summed E-state index contributed by atoms with van der Waals surface area (Å²) >= 11 is 6.22. The summed E-state index contributed by atoms with van der Waals surface area (Å²) in [6.45, 7) is 0.174. The summed E-state index contributed by atoms with van der Waals surface area (Å²) in [4.78, 5) is 47.1. The molecule has 1 aliphatic rings. The van der Waals surface area contributed by atoms with Crippen LogP contribution in [0.25, 0.3) is 6.08 Å². The standard InChI is InChI=1S/C20H15ClN2O6/c1-23-18(25)14(17(24)22-20(23)28)8-12-4-7-16(15(21)9-12)29-10-11-2-5-13(6-3-11)19(26)27/h2-9H,10H2,1H3,(H,26,27)(H,22,24,28). The Bertz CT molecular complexity index is 1050. The predicted molar refractivity (Wildman–Crippen MR) is 103 cm³/mol. The van der Waals surface area contributed by atoms with Crippen molar-refractivity contribution in [2.24, 2.45) is 0 Å². The number of likely N-dealkylation sites (N-methyl/N-ethyl adjacent to an activating group) is 1. The van der Waals surface area contributed by atoms with E-state index in [-0.39, 0.29) is 22.8 Å². The fourth-order valence-corrected chi connectivity index (χ4v) is 2.78. The van der Waals surface area contributed by atoms with Gasteiger partial charge in [0.15, 0.2) is 0 Å². The van der Waals surface area contributed by atoms with Crippen molar-refractivity contribution in [1.82, 2.24) is 10.2 Å². The first-order valence-corrected chi connectivity index (χ1v) is 8.73. The quantitative estimate of drug-likeness (QED) is 0.574. The maximum atomic E-state index is 12.1. The van der Waals surface area contributed by atoms with Crippen LogP contribution in [0.1, 0.15) is 21.5 Å². The molecule has 8 nitrogen and oxygen atoms in total. The monoisotopic (exact) mass is 414 g/mol. The summed E-state index contributed by atoms with van der Waals surface area (Å²) < 4.78 is 5.64. The van der Waals surface area contributed by atoms with E-state index in [0.29, 0.717) is 11.3 Å². The Kier molecular flexibility index (Phi) is 5.65. The molecule has 29 heavy (non-hydrogen) atoms. The number of carbonyl (C=O) groups is 4. The zero-order chi connectivity index (χ0) is 21.1. The fraction of sp³-hybridized carbons (Fsp3) is 0.100. The summed E-state index contributed by atoms with van der Waals surface area (Å²) in [5.74, 6) is -2.12. The van der Waals surface area contributed by atoms with Crippen LogP contribution < -0.4 is 10.1 Å². The zero-order valence-corrected chi connectivity index (χ0v) is 15.9. The van der Waals surface area contributed by atoms with Gasteiger partial charge in [-0.25, -0.2) is 9.59 Å². The number of amides is 4. The molecule has 4 amide bonds. The molecular formula is C20H15ClN2O6. The van der Waals surface area contributed by atoms with Crippen molar-refractivity contribution >= 4 is 41.5 Å².